The van der Waals surface area contributed by atoms with Gasteiger partial charge in [-0.1, -0.05) is 48.5 Å². The highest BCUT2D eigenvalue weighted by Crippen LogP contribution is 2.33. The Kier molecular flexibility index (Phi) is 4.34. The Bertz CT molecular complexity index is 1160. The van der Waals surface area contributed by atoms with Crippen molar-refractivity contribution in [2.24, 2.45) is 0 Å². The van der Waals surface area contributed by atoms with Gasteiger partial charge in [0.2, 0.25) is 0 Å². The third-order valence-corrected chi connectivity index (χ3v) is 6.81. The van der Waals surface area contributed by atoms with Crippen LogP contribution in [-0.4, -0.2) is 18.6 Å². The molecule has 130 valence electrons. The first-order valence-corrected chi connectivity index (χ1v) is 10.8. The largest absolute Gasteiger partial charge is 0.268 e. The van der Waals surface area contributed by atoms with E-state index in [0.717, 1.165) is 16.5 Å². The molecule has 0 fully saturated rings. The lowest BCUT2D eigenvalue weighted by atomic mass is 10.1. The number of rotatable bonds is 4. The maximum Gasteiger partial charge on any atom is 0.268 e. The van der Waals surface area contributed by atoms with Gasteiger partial charge in [0.15, 0.2) is 0 Å². The first kappa shape index (κ1) is 16.9. The molecule has 0 atom stereocenters. The summed E-state index contributed by atoms with van der Waals surface area (Å²) in [5.74, 6) is 0. The quantitative estimate of drug-likeness (QED) is 0.454. The molecule has 0 aliphatic heterocycles. The zero-order valence-corrected chi connectivity index (χ0v) is 15.8. The molecule has 0 saturated carbocycles. The SMILES string of the molecule is CSc1ccc(-c2cn(S(=O)(=O)c3ccccc3)c3ccccc23)cc1. The highest BCUT2D eigenvalue weighted by molar-refractivity contribution is 7.98. The average Bonchev–Trinajstić information content (AvgIpc) is 3.09. The van der Waals surface area contributed by atoms with E-state index in [1.54, 1.807) is 42.2 Å². The van der Waals surface area contributed by atoms with Crippen LogP contribution in [0.2, 0.25) is 0 Å². The van der Waals surface area contributed by atoms with E-state index in [9.17, 15) is 8.42 Å². The van der Waals surface area contributed by atoms with Crippen molar-refractivity contribution in [3.8, 4) is 11.1 Å². The average molecular weight is 380 g/mol. The highest BCUT2D eigenvalue weighted by Gasteiger charge is 2.21. The molecule has 5 heteroatoms. The smallest absolute Gasteiger partial charge is 0.241 e. The number of hydrogen-bond donors (Lipinski definition) is 0. The number of para-hydroxylation sites is 1. The van der Waals surface area contributed by atoms with Gasteiger partial charge in [-0.2, -0.15) is 0 Å². The van der Waals surface area contributed by atoms with E-state index in [-0.39, 0.29) is 4.90 Å². The minimum absolute atomic E-state index is 0.282. The second kappa shape index (κ2) is 6.67. The fraction of sp³-hybridized carbons (Fsp3) is 0.0476. The molecule has 0 N–H and O–H groups in total. The van der Waals surface area contributed by atoms with Crippen LogP contribution >= 0.6 is 11.8 Å². The summed E-state index contributed by atoms with van der Waals surface area (Å²) in [5.41, 5.74) is 2.59. The van der Waals surface area contributed by atoms with Crippen LogP contribution in [0.15, 0.2) is 94.9 Å². The first-order valence-electron chi connectivity index (χ1n) is 8.16. The predicted molar refractivity (Wildman–Crippen MR) is 108 cm³/mol. The molecule has 0 bridgehead atoms. The van der Waals surface area contributed by atoms with Gasteiger partial charge >= 0.3 is 0 Å². The molecule has 26 heavy (non-hydrogen) atoms. The van der Waals surface area contributed by atoms with E-state index in [2.05, 4.69) is 12.1 Å². The van der Waals surface area contributed by atoms with Crippen LogP contribution in [0.3, 0.4) is 0 Å². The lowest BCUT2D eigenvalue weighted by molar-refractivity contribution is 0.589. The van der Waals surface area contributed by atoms with E-state index in [0.29, 0.717) is 5.52 Å². The Balaban J connectivity index is 1.95. The standard InChI is InChI=1S/C21H17NO2S2/c1-25-17-13-11-16(12-14-17)20-15-22(21-10-6-5-9-19(20)21)26(23,24)18-7-3-2-4-8-18/h2-15H,1H3. The summed E-state index contributed by atoms with van der Waals surface area (Å²) in [4.78, 5) is 1.46. The molecular weight excluding hydrogens is 362 g/mol. The summed E-state index contributed by atoms with van der Waals surface area (Å²) in [6, 6.07) is 24.3. The number of fused-ring (bicyclic) bond motifs is 1. The van der Waals surface area contributed by atoms with Gasteiger partial charge in [-0.25, -0.2) is 12.4 Å². The monoisotopic (exact) mass is 379 g/mol. The van der Waals surface area contributed by atoms with E-state index in [4.69, 9.17) is 0 Å². The maximum atomic E-state index is 13.2. The van der Waals surface area contributed by atoms with Crippen molar-refractivity contribution in [3.63, 3.8) is 0 Å². The van der Waals surface area contributed by atoms with E-state index in [1.807, 2.05) is 48.7 Å². The van der Waals surface area contributed by atoms with Crippen molar-refractivity contribution in [3.05, 3.63) is 85.1 Å². The summed E-state index contributed by atoms with van der Waals surface area (Å²) >= 11 is 1.68. The molecule has 4 aromatic rings. The number of hydrogen-bond acceptors (Lipinski definition) is 3. The van der Waals surface area contributed by atoms with E-state index < -0.39 is 10.0 Å². The van der Waals surface area contributed by atoms with Crippen LogP contribution in [0.1, 0.15) is 0 Å². The lowest BCUT2D eigenvalue weighted by Crippen LogP contribution is -2.11. The van der Waals surface area contributed by atoms with Crippen LogP contribution in [-0.2, 0) is 10.0 Å². The normalized spacial score (nSPS) is 11.7. The molecule has 1 heterocycles. The Morgan fingerprint density at radius 1 is 0.808 bits per heavy atom. The molecule has 3 nitrogen and oxygen atoms in total. The fourth-order valence-corrected chi connectivity index (χ4v) is 4.85. The Labute approximate surface area is 157 Å². The molecule has 0 amide bonds. The second-order valence-electron chi connectivity index (χ2n) is 5.90. The van der Waals surface area contributed by atoms with E-state index in [1.165, 1.54) is 8.87 Å². The van der Waals surface area contributed by atoms with E-state index >= 15 is 0 Å². The summed E-state index contributed by atoms with van der Waals surface area (Å²) < 4.78 is 27.7. The van der Waals surface area contributed by atoms with Crippen LogP contribution < -0.4 is 0 Å². The van der Waals surface area contributed by atoms with Crippen LogP contribution in [0.4, 0.5) is 0 Å². The van der Waals surface area contributed by atoms with Crippen molar-refractivity contribution in [1.82, 2.24) is 3.97 Å². The van der Waals surface area contributed by atoms with Gasteiger partial charge in [0.05, 0.1) is 10.4 Å². The van der Waals surface area contributed by atoms with Crippen molar-refractivity contribution in [2.45, 2.75) is 9.79 Å². The third-order valence-electron chi connectivity index (χ3n) is 4.38. The topological polar surface area (TPSA) is 39.1 Å². The second-order valence-corrected chi connectivity index (χ2v) is 8.60. The van der Waals surface area contributed by atoms with Gasteiger partial charge in [0.25, 0.3) is 10.0 Å². The summed E-state index contributed by atoms with van der Waals surface area (Å²) in [6.07, 6.45) is 3.76. The van der Waals surface area contributed by atoms with Crippen LogP contribution in [0.25, 0.3) is 22.0 Å². The third kappa shape index (κ3) is 2.83. The number of benzene rings is 3. The molecule has 4 rings (SSSR count). The minimum atomic E-state index is -3.65. The van der Waals surface area contributed by atoms with Gasteiger partial charge in [-0.05, 0) is 42.2 Å². The number of thioether (sulfide) groups is 1. The molecule has 0 spiro atoms. The summed E-state index contributed by atoms with van der Waals surface area (Å²) in [7, 11) is -3.65. The van der Waals surface area contributed by atoms with Gasteiger partial charge in [0, 0.05) is 22.0 Å². The fourth-order valence-electron chi connectivity index (χ4n) is 3.06. The van der Waals surface area contributed by atoms with Gasteiger partial charge < -0.3 is 0 Å². The molecular formula is C21H17NO2S2. The van der Waals surface area contributed by atoms with Gasteiger partial charge in [0.1, 0.15) is 0 Å². The molecule has 0 aliphatic rings. The predicted octanol–water partition coefficient (Wildman–Crippen LogP) is 5.27. The number of nitrogens with zero attached hydrogens (tertiary/aromatic N) is 1. The first-order chi connectivity index (χ1) is 12.6. The van der Waals surface area contributed by atoms with Crippen LogP contribution in [0.5, 0.6) is 0 Å². The minimum Gasteiger partial charge on any atom is -0.241 e. The van der Waals surface area contributed by atoms with Crippen LogP contribution in [0, 0.1) is 0 Å². The van der Waals surface area contributed by atoms with Crippen molar-refractivity contribution in [1.29, 1.82) is 0 Å². The zero-order valence-electron chi connectivity index (χ0n) is 14.2. The lowest BCUT2D eigenvalue weighted by Gasteiger charge is -2.07. The molecule has 1 aromatic heterocycles. The van der Waals surface area contributed by atoms with Crippen molar-refractivity contribution >= 4 is 32.7 Å². The Hall–Kier alpha value is -2.50. The molecule has 0 saturated heterocycles. The molecule has 3 aromatic carbocycles. The summed E-state index contributed by atoms with van der Waals surface area (Å²) in [6.45, 7) is 0. The highest BCUT2D eigenvalue weighted by atomic mass is 32.2. The van der Waals surface area contributed by atoms with Crippen molar-refractivity contribution in [2.75, 3.05) is 6.26 Å². The van der Waals surface area contributed by atoms with Gasteiger partial charge in [-0.15, -0.1) is 11.8 Å². The zero-order chi connectivity index (χ0) is 18.1. The summed E-state index contributed by atoms with van der Waals surface area (Å²) in [5, 5.41) is 0.920. The van der Waals surface area contributed by atoms with Gasteiger partial charge in [-0.3, -0.25) is 0 Å². The Morgan fingerprint density at radius 3 is 2.15 bits per heavy atom. The molecule has 0 radical (unpaired) electrons. The Morgan fingerprint density at radius 2 is 1.46 bits per heavy atom. The molecule has 0 unspecified atom stereocenters. The maximum absolute atomic E-state index is 13.2. The molecule has 0 aliphatic carbocycles. The number of aromatic nitrogens is 1. The van der Waals surface area contributed by atoms with Crippen molar-refractivity contribution < 1.29 is 8.42 Å².